The molecule has 0 aromatic rings. The highest BCUT2D eigenvalue weighted by atomic mass is 32.2. The second-order valence-corrected chi connectivity index (χ2v) is 9.10. The Hall–Kier alpha value is -1.04. The summed E-state index contributed by atoms with van der Waals surface area (Å²) in [6, 6.07) is 0. The smallest absolute Gasteiger partial charge is 0.335 e. The third kappa shape index (κ3) is 5.30. The second kappa shape index (κ2) is 7.99. The minimum absolute atomic E-state index is 0.293. The highest BCUT2D eigenvalue weighted by molar-refractivity contribution is 7.90. The molecule has 1 rings (SSSR count). The molecule has 6 heteroatoms. The van der Waals surface area contributed by atoms with Gasteiger partial charge >= 0.3 is 5.97 Å². The fourth-order valence-corrected chi connectivity index (χ4v) is 3.16. The number of carbonyl (C=O) groups is 1. The van der Waals surface area contributed by atoms with Crippen molar-refractivity contribution in [2.45, 2.75) is 77.4 Å². The van der Waals surface area contributed by atoms with Crippen LogP contribution in [0.2, 0.25) is 0 Å². The number of hydrogen-bond donors (Lipinski definition) is 1. The van der Waals surface area contributed by atoms with Crippen molar-refractivity contribution in [2.75, 3.05) is 6.61 Å². The SMILES string of the molecule is CCOC(=O)/C1=C(\NS(=O)(=O)C(C)(C)C)CCCCCCC1. The fraction of sp³-hybridized carbons (Fsp3) is 0.812. The van der Waals surface area contributed by atoms with Gasteiger partial charge in [0, 0.05) is 5.70 Å². The van der Waals surface area contributed by atoms with Crippen molar-refractivity contribution in [3.05, 3.63) is 11.3 Å². The average Bonchev–Trinajstić information content (AvgIpc) is 2.49. The molecular formula is C16H29NO4S. The first-order valence-electron chi connectivity index (χ1n) is 8.10. The zero-order valence-corrected chi connectivity index (χ0v) is 15.0. The first kappa shape index (κ1) is 19.0. The number of ether oxygens (including phenoxy) is 1. The van der Waals surface area contributed by atoms with Gasteiger partial charge in [-0.05, 0) is 53.4 Å². The molecule has 22 heavy (non-hydrogen) atoms. The van der Waals surface area contributed by atoms with Gasteiger partial charge in [0.25, 0.3) is 0 Å². The molecule has 0 fully saturated rings. The number of esters is 1. The van der Waals surface area contributed by atoms with E-state index in [-0.39, 0.29) is 0 Å². The Morgan fingerprint density at radius 1 is 1.09 bits per heavy atom. The van der Waals surface area contributed by atoms with Crippen molar-refractivity contribution in [3.8, 4) is 0 Å². The molecule has 0 radical (unpaired) electrons. The van der Waals surface area contributed by atoms with Gasteiger partial charge < -0.3 is 4.74 Å². The van der Waals surface area contributed by atoms with E-state index in [1.807, 2.05) is 0 Å². The van der Waals surface area contributed by atoms with Gasteiger partial charge in [-0.3, -0.25) is 4.72 Å². The number of allylic oxidation sites excluding steroid dienone is 1. The third-order valence-electron chi connectivity index (χ3n) is 3.80. The van der Waals surface area contributed by atoms with Gasteiger partial charge in [-0.1, -0.05) is 19.3 Å². The lowest BCUT2D eigenvalue weighted by molar-refractivity contribution is -0.138. The summed E-state index contributed by atoms with van der Waals surface area (Å²) in [7, 11) is -3.53. The summed E-state index contributed by atoms with van der Waals surface area (Å²) in [6.45, 7) is 6.99. The number of rotatable bonds is 4. The molecule has 0 aromatic heterocycles. The van der Waals surface area contributed by atoms with E-state index in [1.165, 1.54) is 0 Å². The fourth-order valence-electron chi connectivity index (χ4n) is 2.31. The van der Waals surface area contributed by atoms with E-state index in [0.29, 0.717) is 30.7 Å². The average molecular weight is 331 g/mol. The van der Waals surface area contributed by atoms with Crippen LogP contribution in [0, 0.1) is 0 Å². The van der Waals surface area contributed by atoms with Crippen molar-refractivity contribution in [1.29, 1.82) is 0 Å². The summed E-state index contributed by atoms with van der Waals surface area (Å²) in [6.07, 6.45) is 6.14. The van der Waals surface area contributed by atoms with Gasteiger partial charge in [-0.2, -0.15) is 0 Å². The number of sulfonamides is 1. The standard InChI is InChI=1S/C16H29NO4S/c1-5-21-15(18)13-11-9-7-6-8-10-12-14(13)17-22(19,20)16(2,3)4/h17H,5-12H2,1-4H3/b14-13-. The van der Waals surface area contributed by atoms with E-state index in [9.17, 15) is 13.2 Å². The van der Waals surface area contributed by atoms with Gasteiger partial charge in [0.2, 0.25) is 10.0 Å². The van der Waals surface area contributed by atoms with Gasteiger partial charge in [0.1, 0.15) is 0 Å². The van der Waals surface area contributed by atoms with Crippen LogP contribution in [0.1, 0.15) is 72.6 Å². The van der Waals surface area contributed by atoms with Gasteiger partial charge in [-0.25, -0.2) is 13.2 Å². The molecular weight excluding hydrogens is 302 g/mol. The molecule has 128 valence electrons. The lowest BCUT2D eigenvalue weighted by Gasteiger charge is -2.23. The molecule has 0 saturated carbocycles. The Balaban J connectivity index is 3.15. The maximum Gasteiger partial charge on any atom is 0.335 e. The first-order valence-corrected chi connectivity index (χ1v) is 9.59. The Morgan fingerprint density at radius 3 is 2.18 bits per heavy atom. The quantitative estimate of drug-likeness (QED) is 0.803. The van der Waals surface area contributed by atoms with Gasteiger partial charge in [0.05, 0.1) is 16.9 Å². The molecule has 0 spiro atoms. The number of nitrogens with one attached hydrogen (secondary N) is 1. The predicted molar refractivity (Wildman–Crippen MR) is 87.8 cm³/mol. The van der Waals surface area contributed by atoms with Crippen LogP contribution in [0.5, 0.6) is 0 Å². The highest BCUT2D eigenvalue weighted by Crippen LogP contribution is 2.25. The van der Waals surface area contributed by atoms with Crippen LogP contribution >= 0.6 is 0 Å². The largest absolute Gasteiger partial charge is 0.463 e. The van der Waals surface area contributed by atoms with E-state index in [2.05, 4.69) is 4.72 Å². The van der Waals surface area contributed by atoms with Crippen molar-refractivity contribution in [3.63, 3.8) is 0 Å². The van der Waals surface area contributed by atoms with Crippen molar-refractivity contribution >= 4 is 16.0 Å². The van der Waals surface area contributed by atoms with E-state index in [1.54, 1.807) is 27.7 Å². The molecule has 5 nitrogen and oxygen atoms in total. The van der Waals surface area contributed by atoms with Crippen LogP contribution < -0.4 is 4.72 Å². The summed E-state index contributed by atoms with van der Waals surface area (Å²) in [5, 5.41) is 0. The summed E-state index contributed by atoms with van der Waals surface area (Å²) >= 11 is 0. The molecule has 0 amide bonds. The van der Waals surface area contributed by atoms with Crippen molar-refractivity contribution < 1.29 is 17.9 Å². The van der Waals surface area contributed by atoms with Gasteiger partial charge in [-0.15, -0.1) is 0 Å². The van der Waals surface area contributed by atoms with Crippen LogP contribution in [0.4, 0.5) is 0 Å². The van der Waals surface area contributed by atoms with Gasteiger partial charge in [0.15, 0.2) is 0 Å². The molecule has 1 aliphatic carbocycles. The molecule has 1 N–H and O–H groups in total. The van der Waals surface area contributed by atoms with E-state index in [0.717, 1.165) is 32.1 Å². The van der Waals surface area contributed by atoms with Crippen LogP contribution in [-0.4, -0.2) is 25.7 Å². The Kier molecular flexibility index (Phi) is 6.91. The monoisotopic (exact) mass is 331 g/mol. The van der Waals surface area contributed by atoms with Crippen molar-refractivity contribution in [2.24, 2.45) is 0 Å². The Bertz CT molecular complexity index is 515. The maximum atomic E-state index is 12.4. The Labute approximate surface area is 134 Å². The molecule has 0 aliphatic heterocycles. The summed E-state index contributed by atoms with van der Waals surface area (Å²) in [5.74, 6) is -0.393. The van der Waals surface area contributed by atoms with E-state index >= 15 is 0 Å². The lowest BCUT2D eigenvalue weighted by Crippen LogP contribution is -2.39. The minimum Gasteiger partial charge on any atom is -0.463 e. The lowest BCUT2D eigenvalue weighted by atomic mass is 10.1. The molecule has 0 bridgehead atoms. The second-order valence-electron chi connectivity index (χ2n) is 6.66. The third-order valence-corrected chi connectivity index (χ3v) is 5.93. The maximum absolute atomic E-state index is 12.4. The summed E-state index contributed by atoms with van der Waals surface area (Å²) in [4.78, 5) is 12.2. The normalized spacial score (nSPS) is 21.5. The van der Waals surface area contributed by atoms with Crippen LogP contribution in [0.25, 0.3) is 0 Å². The zero-order valence-electron chi connectivity index (χ0n) is 14.2. The Morgan fingerprint density at radius 2 is 1.64 bits per heavy atom. The first-order chi connectivity index (χ1) is 10.2. The number of carbonyl (C=O) groups excluding carboxylic acids is 1. The minimum atomic E-state index is -3.53. The highest BCUT2D eigenvalue weighted by Gasteiger charge is 2.31. The molecule has 0 heterocycles. The topological polar surface area (TPSA) is 72.5 Å². The molecule has 0 saturated heterocycles. The summed E-state index contributed by atoms with van der Waals surface area (Å²) < 4.78 is 31.7. The van der Waals surface area contributed by atoms with Crippen molar-refractivity contribution in [1.82, 2.24) is 4.72 Å². The molecule has 0 unspecified atom stereocenters. The van der Waals surface area contributed by atoms with Crippen LogP contribution in [0.15, 0.2) is 11.3 Å². The molecule has 0 aromatic carbocycles. The summed E-state index contributed by atoms with van der Waals surface area (Å²) in [5.41, 5.74) is 1.02. The number of hydrogen-bond acceptors (Lipinski definition) is 4. The predicted octanol–water partition coefficient (Wildman–Crippen LogP) is 3.27. The zero-order chi connectivity index (χ0) is 16.8. The van der Waals surface area contributed by atoms with E-state index in [4.69, 9.17) is 4.74 Å². The van der Waals surface area contributed by atoms with Crippen LogP contribution in [-0.2, 0) is 19.6 Å². The van der Waals surface area contributed by atoms with Crippen LogP contribution in [0.3, 0.4) is 0 Å². The molecule has 0 atom stereocenters. The van der Waals surface area contributed by atoms with E-state index < -0.39 is 20.7 Å². The molecule has 1 aliphatic rings.